The third kappa shape index (κ3) is 3.58. The van der Waals surface area contributed by atoms with Gasteiger partial charge in [-0.2, -0.15) is 0 Å². The van der Waals surface area contributed by atoms with Gasteiger partial charge in [0.15, 0.2) is 0 Å². The Hall–Kier alpha value is -0.930. The molecule has 0 saturated carbocycles. The lowest BCUT2D eigenvalue weighted by atomic mass is 10.2. The molecule has 1 rings (SSSR count). The zero-order chi connectivity index (χ0) is 12.1. The molecule has 0 amide bonds. The molecule has 0 saturated heterocycles. The van der Waals surface area contributed by atoms with Crippen molar-refractivity contribution in [2.45, 2.75) is 25.9 Å². The molecule has 0 bridgehead atoms. The van der Waals surface area contributed by atoms with Gasteiger partial charge in [0.1, 0.15) is 16.9 Å². The number of amidine groups is 1. The fourth-order valence-corrected chi connectivity index (χ4v) is 1.61. The summed E-state index contributed by atoms with van der Waals surface area (Å²) in [5.74, 6) is 0.632. The van der Waals surface area contributed by atoms with Gasteiger partial charge in [0.05, 0.1) is 10.9 Å². The molecule has 3 nitrogen and oxygen atoms in total. The number of rotatable bonds is 5. The molecular weight excluding hydrogens is 247 g/mol. The van der Waals surface area contributed by atoms with Crippen LogP contribution in [0.5, 0.6) is 5.75 Å². The predicted molar refractivity (Wildman–Crippen MR) is 67.7 cm³/mol. The van der Waals surface area contributed by atoms with Gasteiger partial charge in [-0.3, -0.25) is 5.41 Å². The van der Waals surface area contributed by atoms with Gasteiger partial charge in [-0.25, -0.2) is 0 Å². The normalized spacial score (nSPS) is 12.2. The summed E-state index contributed by atoms with van der Waals surface area (Å²) in [6, 6.07) is 5.21. The molecular formula is C11H14Cl2N2O. The average molecular weight is 261 g/mol. The smallest absolute Gasteiger partial charge is 0.139 e. The summed E-state index contributed by atoms with van der Waals surface area (Å²) in [5.41, 5.74) is 5.33. The zero-order valence-corrected chi connectivity index (χ0v) is 10.5. The molecule has 0 spiro atoms. The summed E-state index contributed by atoms with van der Waals surface area (Å²) in [6.07, 6.45) is 0.996. The Morgan fingerprint density at radius 3 is 2.75 bits per heavy atom. The summed E-state index contributed by atoms with van der Waals surface area (Å²) >= 11 is 11.9. The van der Waals surface area contributed by atoms with Crippen LogP contribution in [0.4, 0.5) is 0 Å². The molecule has 16 heavy (non-hydrogen) atoms. The monoisotopic (exact) mass is 260 g/mol. The minimum atomic E-state index is -0.145. The highest BCUT2D eigenvalue weighted by Crippen LogP contribution is 2.32. The first-order valence-electron chi connectivity index (χ1n) is 4.98. The van der Waals surface area contributed by atoms with E-state index in [1.165, 1.54) is 0 Å². The van der Waals surface area contributed by atoms with E-state index in [2.05, 4.69) is 0 Å². The molecule has 5 heteroatoms. The van der Waals surface area contributed by atoms with Crippen LogP contribution in [0.25, 0.3) is 0 Å². The molecule has 1 aromatic rings. The van der Waals surface area contributed by atoms with E-state index in [-0.39, 0.29) is 11.9 Å². The molecule has 0 radical (unpaired) electrons. The Labute approximate surface area is 105 Å². The van der Waals surface area contributed by atoms with Crippen molar-refractivity contribution in [2.24, 2.45) is 5.73 Å². The van der Waals surface area contributed by atoms with Crippen molar-refractivity contribution >= 4 is 29.0 Å². The van der Waals surface area contributed by atoms with E-state index in [0.717, 1.165) is 6.42 Å². The first-order valence-corrected chi connectivity index (χ1v) is 5.73. The predicted octanol–water partition coefficient (Wildman–Crippen LogP) is 3.48. The van der Waals surface area contributed by atoms with Gasteiger partial charge >= 0.3 is 0 Å². The molecule has 0 aromatic heterocycles. The van der Waals surface area contributed by atoms with Crippen LogP contribution in [0.3, 0.4) is 0 Å². The minimum Gasteiger partial charge on any atom is -0.488 e. The van der Waals surface area contributed by atoms with E-state index in [9.17, 15) is 0 Å². The third-order valence-corrected chi connectivity index (χ3v) is 2.91. The molecule has 1 aromatic carbocycles. The molecule has 0 aliphatic rings. The molecule has 0 aliphatic heterocycles. The average Bonchev–Trinajstić information content (AvgIpc) is 2.23. The van der Waals surface area contributed by atoms with Gasteiger partial charge < -0.3 is 10.5 Å². The van der Waals surface area contributed by atoms with Crippen molar-refractivity contribution < 1.29 is 4.74 Å². The Morgan fingerprint density at radius 2 is 2.19 bits per heavy atom. The maximum atomic E-state index is 7.23. The lowest BCUT2D eigenvalue weighted by Crippen LogP contribution is -2.24. The van der Waals surface area contributed by atoms with Crippen molar-refractivity contribution in [1.82, 2.24) is 0 Å². The van der Waals surface area contributed by atoms with Crippen LogP contribution in [-0.4, -0.2) is 11.9 Å². The van der Waals surface area contributed by atoms with E-state index in [4.69, 9.17) is 39.1 Å². The minimum absolute atomic E-state index is 0.102. The summed E-state index contributed by atoms with van der Waals surface area (Å²) < 4.78 is 5.65. The van der Waals surface area contributed by atoms with Crippen molar-refractivity contribution in [1.29, 1.82) is 5.41 Å². The Morgan fingerprint density at radius 1 is 1.50 bits per heavy atom. The second kappa shape index (κ2) is 5.97. The fraction of sp³-hybridized carbons (Fsp3) is 0.364. The van der Waals surface area contributed by atoms with Crippen LogP contribution in [0, 0.1) is 5.41 Å². The first kappa shape index (κ1) is 13.1. The topological polar surface area (TPSA) is 59.1 Å². The van der Waals surface area contributed by atoms with Gasteiger partial charge in [0.25, 0.3) is 0 Å². The van der Waals surface area contributed by atoms with E-state index >= 15 is 0 Å². The van der Waals surface area contributed by atoms with Crippen LogP contribution in [0.2, 0.25) is 10.0 Å². The summed E-state index contributed by atoms with van der Waals surface area (Å²) in [4.78, 5) is 0. The molecule has 3 N–H and O–H groups in total. The highest BCUT2D eigenvalue weighted by atomic mass is 35.5. The quantitative estimate of drug-likeness (QED) is 0.629. The molecule has 88 valence electrons. The molecule has 0 heterocycles. The van der Waals surface area contributed by atoms with Crippen molar-refractivity contribution in [3.63, 3.8) is 0 Å². The molecule has 0 fully saturated rings. The maximum absolute atomic E-state index is 7.23. The summed E-state index contributed by atoms with van der Waals surface area (Å²) in [6.45, 7) is 1.96. The van der Waals surface area contributed by atoms with Crippen LogP contribution < -0.4 is 10.5 Å². The Bertz CT molecular complexity index is 382. The zero-order valence-electron chi connectivity index (χ0n) is 8.97. The second-order valence-electron chi connectivity index (χ2n) is 3.43. The summed E-state index contributed by atoms with van der Waals surface area (Å²) in [7, 11) is 0. The lowest BCUT2D eigenvalue weighted by Gasteiger charge is -2.18. The van der Waals surface area contributed by atoms with E-state index in [0.29, 0.717) is 22.2 Å². The number of nitrogens with two attached hydrogens (primary N) is 1. The van der Waals surface area contributed by atoms with Crippen LogP contribution in [0.1, 0.15) is 19.8 Å². The first-order chi connectivity index (χ1) is 7.54. The van der Waals surface area contributed by atoms with Crippen LogP contribution in [-0.2, 0) is 0 Å². The second-order valence-corrected chi connectivity index (χ2v) is 4.21. The molecule has 1 atom stereocenters. The number of hydrogen-bond acceptors (Lipinski definition) is 2. The number of benzene rings is 1. The van der Waals surface area contributed by atoms with Crippen molar-refractivity contribution in [3.8, 4) is 5.75 Å². The SMILES string of the molecule is CCC(CC(=N)N)Oc1cccc(Cl)c1Cl. The van der Waals surface area contributed by atoms with Crippen molar-refractivity contribution in [3.05, 3.63) is 28.2 Å². The number of halogens is 2. The van der Waals surface area contributed by atoms with Gasteiger partial charge in [-0.05, 0) is 18.6 Å². The summed E-state index contributed by atoms with van der Waals surface area (Å²) in [5, 5.41) is 8.08. The highest BCUT2D eigenvalue weighted by Gasteiger charge is 2.13. The van der Waals surface area contributed by atoms with E-state index < -0.39 is 0 Å². The number of hydrogen-bond donors (Lipinski definition) is 2. The molecule has 1 unspecified atom stereocenters. The number of nitrogens with one attached hydrogen (secondary N) is 1. The lowest BCUT2D eigenvalue weighted by molar-refractivity contribution is 0.205. The Kier molecular flexibility index (Phi) is 4.90. The maximum Gasteiger partial charge on any atom is 0.139 e. The van der Waals surface area contributed by atoms with Gasteiger partial charge in [0, 0.05) is 6.42 Å². The van der Waals surface area contributed by atoms with Gasteiger partial charge in [-0.15, -0.1) is 0 Å². The largest absolute Gasteiger partial charge is 0.488 e. The van der Waals surface area contributed by atoms with E-state index in [1.54, 1.807) is 18.2 Å². The molecule has 0 aliphatic carbocycles. The van der Waals surface area contributed by atoms with Gasteiger partial charge in [0.2, 0.25) is 0 Å². The van der Waals surface area contributed by atoms with Crippen molar-refractivity contribution in [2.75, 3.05) is 0 Å². The van der Waals surface area contributed by atoms with Crippen LogP contribution in [0.15, 0.2) is 18.2 Å². The standard InChI is InChI=1S/C11H14Cl2N2O/c1-2-7(6-10(14)15)16-9-5-3-4-8(12)11(9)13/h3-5,7H,2,6H2,1H3,(H3,14,15). The van der Waals surface area contributed by atoms with Gasteiger partial charge in [-0.1, -0.05) is 36.2 Å². The van der Waals surface area contributed by atoms with Crippen LogP contribution >= 0.6 is 23.2 Å². The fourth-order valence-electron chi connectivity index (χ4n) is 1.27. The van der Waals surface area contributed by atoms with E-state index in [1.807, 2.05) is 6.92 Å². The third-order valence-electron chi connectivity index (χ3n) is 2.11. The highest BCUT2D eigenvalue weighted by molar-refractivity contribution is 6.42. The number of ether oxygens (including phenoxy) is 1. The Balaban J connectivity index is 2.77.